The van der Waals surface area contributed by atoms with Crippen LogP contribution in [-0.4, -0.2) is 28.6 Å². The molecule has 0 fully saturated rings. The van der Waals surface area contributed by atoms with Crippen molar-refractivity contribution < 1.29 is 4.79 Å². The van der Waals surface area contributed by atoms with Gasteiger partial charge in [-0.15, -0.1) is 11.3 Å². The van der Waals surface area contributed by atoms with Gasteiger partial charge in [-0.1, -0.05) is 19.9 Å². The molecule has 1 atom stereocenters. The van der Waals surface area contributed by atoms with Crippen LogP contribution in [0.3, 0.4) is 0 Å². The Bertz CT molecular complexity index is 766. The van der Waals surface area contributed by atoms with Crippen LogP contribution in [0.25, 0.3) is 10.2 Å². The van der Waals surface area contributed by atoms with E-state index in [9.17, 15) is 4.79 Å². The molecule has 128 valence electrons. The maximum Gasteiger partial charge on any atom is 0.162 e. The molecule has 0 aliphatic rings. The monoisotopic (exact) mass is 345 g/mol. The normalized spacial score (nSPS) is 13.4. The lowest BCUT2D eigenvalue weighted by atomic mass is 10.2. The molecule has 0 spiro atoms. The first-order chi connectivity index (χ1) is 11.6. The zero-order chi connectivity index (χ0) is 17.5. The lowest BCUT2D eigenvalue weighted by Crippen LogP contribution is -2.14. The Balaban J connectivity index is 2.44. The number of allylic oxidation sites excluding steroid dienone is 2. The Morgan fingerprint density at radius 3 is 2.88 bits per heavy atom. The molecule has 2 aromatic rings. The van der Waals surface area contributed by atoms with Crippen molar-refractivity contribution in [3.63, 3.8) is 0 Å². The fraction of sp³-hybridized carbons (Fsp3) is 0.412. The van der Waals surface area contributed by atoms with Crippen LogP contribution < -0.4 is 10.6 Å². The van der Waals surface area contributed by atoms with Gasteiger partial charge in [-0.3, -0.25) is 4.79 Å². The molecular formula is C17H23N5OS. The highest BCUT2D eigenvalue weighted by molar-refractivity contribution is 7.21. The SMILES string of the molecule is CC/C=C(\C)NC=Nc1c(C=O)sc2ncnc(NC(C)CC)c12. The first-order valence-corrected chi connectivity index (χ1v) is 8.87. The highest BCUT2D eigenvalue weighted by atomic mass is 32.1. The number of nitrogens with zero attached hydrogens (tertiary/aromatic N) is 3. The highest BCUT2D eigenvalue weighted by Crippen LogP contribution is 2.39. The van der Waals surface area contributed by atoms with Crippen molar-refractivity contribution in [3.8, 4) is 0 Å². The third-order valence-electron chi connectivity index (χ3n) is 3.59. The summed E-state index contributed by atoms with van der Waals surface area (Å²) in [6, 6.07) is 0.271. The molecule has 2 heterocycles. The number of fused-ring (bicyclic) bond motifs is 1. The third kappa shape index (κ3) is 4.17. The van der Waals surface area contributed by atoms with Crippen LogP contribution in [0.15, 0.2) is 23.1 Å². The number of anilines is 1. The van der Waals surface area contributed by atoms with E-state index >= 15 is 0 Å². The summed E-state index contributed by atoms with van der Waals surface area (Å²) in [6.45, 7) is 8.24. The summed E-state index contributed by atoms with van der Waals surface area (Å²) >= 11 is 1.33. The van der Waals surface area contributed by atoms with Gasteiger partial charge in [0.15, 0.2) is 6.29 Å². The van der Waals surface area contributed by atoms with E-state index in [-0.39, 0.29) is 6.04 Å². The quantitative estimate of drug-likeness (QED) is 0.424. The van der Waals surface area contributed by atoms with Crippen molar-refractivity contribution in [2.75, 3.05) is 5.32 Å². The number of nitrogens with one attached hydrogen (secondary N) is 2. The lowest BCUT2D eigenvalue weighted by molar-refractivity contribution is 0.112. The molecule has 0 aromatic carbocycles. The van der Waals surface area contributed by atoms with Crippen molar-refractivity contribution in [2.24, 2.45) is 4.99 Å². The molecule has 1 unspecified atom stereocenters. The van der Waals surface area contributed by atoms with Gasteiger partial charge < -0.3 is 10.6 Å². The minimum absolute atomic E-state index is 0.271. The number of hydrogen-bond acceptors (Lipinski definition) is 6. The number of carbonyl (C=O) groups excluding carboxylic acids is 1. The zero-order valence-corrected chi connectivity index (χ0v) is 15.3. The van der Waals surface area contributed by atoms with Gasteiger partial charge in [0, 0.05) is 11.7 Å². The van der Waals surface area contributed by atoms with Gasteiger partial charge in [0.05, 0.1) is 22.3 Å². The van der Waals surface area contributed by atoms with Crippen LogP contribution >= 0.6 is 11.3 Å². The Labute approximate surface area is 146 Å². The average molecular weight is 345 g/mol. The first-order valence-electron chi connectivity index (χ1n) is 8.05. The fourth-order valence-corrected chi connectivity index (χ4v) is 3.06. The van der Waals surface area contributed by atoms with Gasteiger partial charge in [-0.2, -0.15) is 0 Å². The molecule has 2 N–H and O–H groups in total. The van der Waals surface area contributed by atoms with E-state index in [1.807, 2.05) is 6.92 Å². The number of thiophene rings is 1. The number of hydrogen-bond donors (Lipinski definition) is 2. The number of aliphatic imine (C=N–C) groups is 1. The van der Waals surface area contributed by atoms with Crippen LogP contribution in [0.2, 0.25) is 0 Å². The number of aldehydes is 1. The summed E-state index contributed by atoms with van der Waals surface area (Å²) in [5.74, 6) is 0.715. The second-order valence-corrected chi connectivity index (χ2v) is 6.52. The van der Waals surface area contributed by atoms with Gasteiger partial charge in [0.2, 0.25) is 0 Å². The number of carbonyl (C=O) groups is 1. The molecule has 2 aromatic heterocycles. The van der Waals surface area contributed by atoms with E-state index in [0.29, 0.717) is 16.4 Å². The van der Waals surface area contributed by atoms with Crippen molar-refractivity contribution in [2.45, 2.75) is 46.6 Å². The zero-order valence-electron chi connectivity index (χ0n) is 14.5. The maximum absolute atomic E-state index is 11.4. The van der Waals surface area contributed by atoms with Gasteiger partial charge in [0.1, 0.15) is 17.0 Å². The van der Waals surface area contributed by atoms with E-state index in [4.69, 9.17) is 0 Å². The second kappa shape index (κ2) is 8.54. The van der Waals surface area contributed by atoms with E-state index in [0.717, 1.165) is 35.0 Å². The second-order valence-electron chi connectivity index (χ2n) is 5.49. The molecule has 0 amide bonds. The van der Waals surface area contributed by atoms with Gasteiger partial charge in [-0.25, -0.2) is 15.0 Å². The van der Waals surface area contributed by atoms with Crippen LogP contribution in [0.5, 0.6) is 0 Å². The lowest BCUT2D eigenvalue weighted by Gasteiger charge is -2.12. The van der Waals surface area contributed by atoms with Crippen LogP contribution in [0.1, 0.15) is 50.2 Å². The molecule has 0 saturated carbocycles. The Morgan fingerprint density at radius 2 is 2.21 bits per heavy atom. The minimum Gasteiger partial charge on any atom is -0.367 e. The predicted octanol–water partition coefficient (Wildman–Crippen LogP) is 4.28. The Hall–Kier alpha value is -2.28. The molecule has 0 radical (unpaired) electrons. The summed E-state index contributed by atoms with van der Waals surface area (Å²) < 4.78 is 0. The molecule has 0 aliphatic heterocycles. The Morgan fingerprint density at radius 1 is 1.42 bits per heavy atom. The summed E-state index contributed by atoms with van der Waals surface area (Å²) in [6.07, 6.45) is 7.92. The molecule has 0 bridgehead atoms. The van der Waals surface area contributed by atoms with Gasteiger partial charge in [-0.05, 0) is 26.7 Å². The molecule has 24 heavy (non-hydrogen) atoms. The van der Waals surface area contributed by atoms with Crippen molar-refractivity contribution >= 4 is 45.7 Å². The summed E-state index contributed by atoms with van der Waals surface area (Å²) in [7, 11) is 0. The molecular weight excluding hydrogens is 322 g/mol. The van der Waals surface area contributed by atoms with Crippen molar-refractivity contribution in [1.82, 2.24) is 15.3 Å². The topological polar surface area (TPSA) is 79.3 Å². The van der Waals surface area contributed by atoms with Crippen LogP contribution in [0.4, 0.5) is 11.5 Å². The molecule has 2 rings (SSSR count). The van der Waals surface area contributed by atoms with Crippen LogP contribution in [-0.2, 0) is 0 Å². The first kappa shape index (κ1) is 18.1. The van der Waals surface area contributed by atoms with E-state index in [1.165, 1.54) is 17.7 Å². The van der Waals surface area contributed by atoms with E-state index < -0.39 is 0 Å². The van der Waals surface area contributed by atoms with Crippen LogP contribution in [0, 0.1) is 0 Å². The molecule has 0 saturated heterocycles. The highest BCUT2D eigenvalue weighted by Gasteiger charge is 2.17. The fourth-order valence-electron chi connectivity index (χ4n) is 2.15. The molecule has 7 heteroatoms. The molecule has 0 aliphatic carbocycles. The minimum atomic E-state index is 0.271. The van der Waals surface area contributed by atoms with Crippen molar-refractivity contribution in [1.29, 1.82) is 0 Å². The average Bonchev–Trinajstić information content (AvgIpc) is 2.94. The summed E-state index contributed by atoms with van der Waals surface area (Å²) in [4.78, 5) is 25.8. The van der Waals surface area contributed by atoms with Gasteiger partial charge in [0.25, 0.3) is 0 Å². The maximum atomic E-state index is 11.4. The molecule has 6 nitrogen and oxygen atoms in total. The third-order valence-corrected chi connectivity index (χ3v) is 4.60. The summed E-state index contributed by atoms with van der Waals surface area (Å²) in [5.41, 5.74) is 1.62. The largest absolute Gasteiger partial charge is 0.367 e. The number of aromatic nitrogens is 2. The van der Waals surface area contributed by atoms with E-state index in [2.05, 4.69) is 52.4 Å². The predicted molar refractivity (Wildman–Crippen MR) is 102 cm³/mol. The number of rotatable bonds is 8. The smallest absolute Gasteiger partial charge is 0.162 e. The van der Waals surface area contributed by atoms with Crippen molar-refractivity contribution in [3.05, 3.63) is 23.0 Å². The standard InChI is InChI=1S/C17H23N5OS/c1-5-7-12(4)18-9-19-15-13(8-23)24-17-14(15)16(20-10-21-17)22-11(3)6-2/h7-11H,5-6H2,1-4H3,(H,18,19)(H,20,21,22)/b12-7+. The van der Waals surface area contributed by atoms with Gasteiger partial charge >= 0.3 is 0 Å². The van der Waals surface area contributed by atoms with E-state index in [1.54, 1.807) is 6.34 Å². The Kier molecular flexibility index (Phi) is 6.43. The summed E-state index contributed by atoms with van der Waals surface area (Å²) in [5, 5.41) is 7.26.